The fraction of sp³-hybridized carbons (Fsp3) is 1.00. The molecule has 19 heavy (non-hydrogen) atoms. The number of piperidine rings is 1. The smallest absolute Gasteiger partial charge is 0.0571 e. The summed E-state index contributed by atoms with van der Waals surface area (Å²) in [4.78, 5) is 2.74. The van der Waals surface area contributed by atoms with Gasteiger partial charge in [-0.1, -0.05) is 6.42 Å². The summed E-state index contributed by atoms with van der Waals surface area (Å²) in [6, 6.07) is 0.759. The summed E-state index contributed by atoms with van der Waals surface area (Å²) < 4.78 is 5.49. The van der Waals surface area contributed by atoms with Gasteiger partial charge in [0, 0.05) is 19.7 Å². The van der Waals surface area contributed by atoms with Crippen LogP contribution in [0.15, 0.2) is 0 Å². The molecule has 0 amide bonds. The first-order valence-electron chi connectivity index (χ1n) is 8.25. The lowest BCUT2D eigenvalue weighted by atomic mass is 9.83. The molecule has 2 rings (SSSR count). The molecule has 1 atom stereocenters. The Morgan fingerprint density at radius 2 is 1.79 bits per heavy atom. The normalized spacial score (nSPS) is 31.3. The fourth-order valence-electron chi connectivity index (χ4n) is 3.87. The van der Waals surface area contributed by atoms with Crippen molar-refractivity contribution in [2.45, 2.75) is 63.5 Å². The molecule has 1 aliphatic heterocycles. The van der Waals surface area contributed by atoms with Crippen LogP contribution in [0.1, 0.15) is 51.4 Å². The van der Waals surface area contributed by atoms with E-state index in [1.807, 2.05) is 7.11 Å². The van der Waals surface area contributed by atoms with Crippen LogP contribution in [0, 0.1) is 5.92 Å². The van der Waals surface area contributed by atoms with Crippen LogP contribution in [0.3, 0.4) is 0 Å². The highest BCUT2D eigenvalue weighted by atomic mass is 16.5. The molecule has 0 spiro atoms. The standard InChI is InChI=1S/C16H32N2O/c1-17-13-15(18-10-4-3-5-11-18)12-14-6-8-16(19-2)9-7-14/h14-17H,3-13H2,1-2H3/t14?,15-,16?/m0/s1. The molecule has 0 bridgehead atoms. The van der Waals surface area contributed by atoms with Crippen molar-refractivity contribution in [2.24, 2.45) is 5.92 Å². The van der Waals surface area contributed by atoms with Crippen molar-refractivity contribution in [3.05, 3.63) is 0 Å². The van der Waals surface area contributed by atoms with Gasteiger partial charge in [-0.3, -0.25) is 4.90 Å². The highest BCUT2D eigenvalue weighted by Gasteiger charge is 2.26. The average Bonchev–Trinajstić information content (AvgIpc) is 2.48. The molecule has 1 saturated carbocycles. The third-order valence-electron chi connectivity index (χ3n) is 5.08. The van der Waals surface area contributed by atoms with Crippen molar-refractivity contribution in [1.29, 1.82) is 0 Å². The van der Waals surface area contributed by atoms with Gasteiger partial charge in [-0.05, 0) is 71.0 Å². The van der Waals surface area contributed by atoms with E-state index >= 15 is 0 Å². The summed E-state index contributed by atoms with van der Waals surface area (Å²) in [5.74, 6) is 0.923. The second-order valence-electron chi connectivity index (χ2n) is 6.42. The maximum Gasteiger partial charge on any atom is 0.0571 e. The molecule has 2 fully saturated rings. The van der Waals surface area contributed by atoms with E-state index in [0.29, 0.717) is 6.10 Å². The molecule has 1 saturated heterocycles. The lowest BCUT2D eigenvalue weighted by Crippen LogP contribution is -2.45. The molecule has 0 unspecified atom stereocenters. The number of likely N-dealkylation sites (tertiary alicyclic amines) is 1. The van der Waals surface area contributed by atoms with Crippen LogP contribution in [0.4, 0.5) is 0 Å². The maximum absolute atomic E-state index is 5.49. The summed E-state index contributed by atoms with van der Waals surface area (Å²) in [5.41, 5.74) is 0. The summed E-state index contributed by atoms with van der Waals surface area (Å²) >= 11 is 0. The van der Waals surface area contributed by atoms with E-state index in [1.54, 1.807) is 0 Å². The zero-order valence-corrected chi connectivity index (χ0v) is 12.9. The number of likely N-dealkylation sites (N-methyl/N-ethyl adjacent to an activating group) is 1. The average molecular weight is 268 g/mol. The molecule has 0 radical (unpaired) electrons. The second-order valence-corrected chi connectivity index (χ2v) is 6.42. The molecule has 1 heterocycles. The van der Waals surface area contributed by atoms with Gasteiger partial charge in [0.15, 0.2) is 0 Å². The molecular formula is C16H32N2O. The van der Waals surface area contributed by atoms with Gasteiger partial charge in [-0.2, -0.15) is 0 Å². The molecular weight excluding hydrogens is 236 g/mol. The highest BCUT2D eigenvalue weighted by molar-refractivity contribution is 4.82. The van der Waals surface area contributed by atoms with Gasteiger partial charge in [-0.25, -0.2) is 0 Å². The third kappa shape index (κ3) is 4.73. The summed E-state index contributed by atoms with van der Waals surface area (Å²) in [6.45, 7) is 3.80. The van der Waals surface area contributed by atoms with Gasteiger partial charge < -0.3 is 10.1 Å². The second kappa shape index (κ2) is 8.23. The van der Waals surface area contributed by atoms with Gasteiger partial charge in [0.25, 0.3) is 0 Å². The monoisotopic (exact) mass is 268 g/mol. The number of nitrogens with one attached hydrogen (secondary N) is 1. The van der Waals surface area contributed by atoms with E-state index in [2.05, 4.69) is 17.3 Å². The first-order valence-corrected chi connectivity index (χ1v) is 8.25. The number of ether oxygens (including phenoxy) is 1. The third-order valence-corrected chi connectivity index (χ3v) is 5.08. The number of nitrogens with zero attached hydrogens (tertiary/aromatic N) is 1. The van der Waals surface area contributed by atoms with Crippen molar-refractivity contribution >= 4 is 0 Å². The van der Waals surface area contributed by atoms with Gasteiger partial charge in [0.1, 0.15) is 0 Å². The Balaban J connectivity index is 1.79. The number of hydrogen-bond donors (Lipinski definition) is 1. The van der Waals surface area contributed by atoms with Crippen LogP contribution in [0.5, 0.6) is 0 Å². The molecule has 1 aliphatic carbocycles. The van der Waals surface area contributed by atoms with E-state index < -0.39 is 0 Å². The SMILES string of the molecule is CNC[C@H](CC1CCC(OC)CC1)N1CCCCC1. The summed E-state index contributed by atoms with van der Waals surface area (Å²) in [5, 5.41) is 3.41. The van der Waals surface area contributed by atoms with Crippen molar-refractivity contribution < 1.29 is 4.74 Å². The van der Waals surface area contributed by atoms with Gasteiger partial charge in [0.05, 0.1) is 6.10 Å². The fourth-order valence-corrected chi connectivity index (χ4v) is 3.87. The Morgan fingerprint density at radius 1 is 1.11 bits per heavy atom. The Hall–Kier alpha value is -0.120. The number of methoxy groups -OCH3 is 1. The largest absolute Gasteiger partial charge is 0.381 e. The topological polar surface area (TPSA) is 24.5 Å². The van der Waals surface area contributed by atoms with E-state index in [-0.39, 0.29) is 0 Å². The molecule has 0 aromatic heterocycles. The van der Waals surface area contributed by atoms with Gasteiger partial charge >= 0.3 is 0 Å². The van der Waals surface area contributed by atoms with Crippen LogP contribution in [-0.4, -0.2) is 50.8 Å². The predicted octanol–water partition coefficient (Wildman–Crippen LogP) is 2.66. The van der Waals surface area contributed by atoms with E-state index in [4.69, 9.17) is 4.74 Å². The van der Waals surface area contributed by atoms with Gasteiger partial charge in [-0.15, -0.1) is 0 Å². The van der Waals surface area contributed by atoms with Crippen molar-refractivity contribution in [2.75, 3.05) is 33.8 Å². The molecule has 3 heteroatoms. The van der Waals surface area contributed by atoms with Crippen molar-refractivity contribution in [3.8, 4) is 0 Å². The molecule has 112 valence electrons. The van der Waals surface area contributed by atoms with Gasteiger partial charge in [0.2, 0.25) is 0 Å². The van der Waals surface area contributed by atoms with Crippen LogP contribution in [-0.2, 0) is 4.74 Å². The van der Waals surface area contributed by atoms with E-state index in [0.717, 1.165) is 18.5 Å². The first kappa shape index (κ1) is 15.3. The molecule has 2 aliphatic rings. The number of hydrogen-bond acceptors (Lipinski definition) is 3. The Morgan fingerprint density at radius 3 is 2.37 bits per heavy atom. The summed E-state index contributed by atoms with van der Waals surface area (Å²) in [6.07, 6.45) is 11.4. The Bertz CT molecular complexity index is 233. The predicted molar refractivity (Wildman–Crippen MR) is 80.5 cm³/mol. The lowest BCUT2D eigenvalue weighted by Gasteiger charge is -2.38. The highest BCUT2D eigenvalue weighted by Crippen LogP contribution is 2.30. The maximum atomic E-state index is 5.49. The number of rotatable bonds is 6. The van der Waals surface area contributed by atoms with Crippen molar-refractivity contribution in [3.63, 3.8) is 0 Å². The molecule has 3 nitrogen and oxygen atoms in total. The van der Waals surface area contributed by atoms with E-state index in [9.17, 15) is 0 Å². The first-order chi connectivity index (χ1) is 9.33. The zero-order chi connectivity index (χ0) is 13.5. The van der Waals surface area contributed by atoms with Crippen LogP contribution >= 0.6 is 0 Å². The Kier molecular flexibility index (Phi) is 6.62. The van der Waals surface area contributed by atoms with Crippen molar-refractivity contribution in [1.82, 2.24) is 10.2 Å². The minimum atomic E-state index is 0.536. The molecule has 0 aromatic carbocycles. The lowest BCUT2D eigenvalue weighted by molar-refractivity contribution is 0.0473. The molecule has 0 aromatic rings. The quantitative estimate of drug-likeness (QED) is 0.801. The van der Waals surface area contributed by atoms with Crippen LogP contribution in [0.25, 0.3) is 0 Å². The Labute approximate surface area is 119 Å². The minimum Gasteiger partial charge on any atom is -0.381 e. The summed E-state index contributed by atoms with van der Waals surface area (Å²) in [7, 11) is 3.96. The zero-order valence-electron chi connectivity index (χ0n) is 12.9. The van der Waals surface area contributed by atoms with Crippen LogP contribution in [0.2, 0.25) is 0 Å². The minimum absolute atomic E-state index is 0.536. The van der Waals surface area contributed by atoms with E-state index in [1.165, 1.54) is 64.5 Å². The molecule has 1 N–H and O–H groups in total. The van der Waals surface area contributed by atoms with Crippen LogP contribution < -0.4 is 5.32 Å².